The monoisotopic (exact) mass is 233 g/mol. The van der Waals surface area contributed by atoms with Gasteiger partial charge >= 0.3 is 12.1 Å². The van der Waals surface area contributed by atoms with Gasteiger partial charge in [-0.15, -0.1) is 0 Å². The molecule has 0 radical (unpaired) electrons. The lowest BCUT2D eigenvalue weighted by atomic mass is 10.2. The number of methoxy groups -OCH3 is 1. The van der Waals surface area contributed by atoms with Crippen molar-refractivity contribution in [2.24, 2.45) is 0 Å². The van der Waals surface area contributed by atoms with Gasteiger partial charge in [0.25, 0.3) is 0 Å². The molecule has 0 spiro atoms. The number of hydrogen-bond acceptors (Lipinski definition) is 5. The van der Waals surface area contributed by atoms with E-state index in [1.807, 2.05) is 0 Å². The van der Waals surface area contributed by atoms with Crippen LogP contribution in [0.2, 0.25) is 0 Å². The first-order valence-corrected chi connectivity index (χ1v) is 4.98. The van der Waals surface area contributed by atoms with Gasteiger partial charge in [-0.2, -0.15) is 0 Å². The van der Waals surface area contributed by atoms with Crippen LogP contribution in [0, 0.1) is 0 Å². The lowest BCUT2D eigenvalue weighted by molar-refractivity contribution is -0.143. The number of esters is 1. The highest BCUT2D eigenvalue weighted by atomic mass is 16.6. The van der Waals surface area contributed by atoms with Gasteiger partial charge < -0.3 is 19.9 Å². The molecule has 1 unspecified atom stereocenters. The van der Waals surface area contributed by atoms with Crippen LogP contribution in [0.15, 0.2) is 0 Å². The minimum Gasteiger partial charge on any atom is -0.467 e. The van der Waals surface area contributed by atoms with E-state index in [0.717, 1.165) is 0 Å². The molecule has 94 valence electrons. The summed E-state index contributed by atoms with van der Waals surface area (Å²) in [6.45, 7) is 4.92. The zero-order valence-electron chi connectivity index (χ0n) is 10.1. The van der Waals surface area contributed by atoms with Crippen molar-refractivity contribution in [1.82, 2.24) is 5.32 Å². The summed E-state index contributed by atoms with van der Waals surface area (Å²) in [5, 5.41) is 11.1. The summed E-state index contributed by atoms with van der Waals surface area (Å²) in [7, 11) is 1.21. The van der Waals surface area contributed by atoms with E-state index in [4.69, 9.17) is 9.84 Å². The van der Waals surface area contributed by atoms with Crippen LogP contribution < -0.4 is 5.32 Å². The Morgan fingerprint density at radius 1 is 1.38 bits per heavy atom. The van der Waals surface area contributed by atoms with Crippen molar-refractivity contribution in [3.8, 4) is 0 Å². The second-order valence-electron chi connectivity index (χ2n) is 4.23. The minimum atomic E-state index is -0.884. The number of nitrogens with one attached hydrogen (secondary N) is 1. The van der Waals surface area contributed by atoms with E-state index in [-0.39, 0.29) is 13.0 Å². The van der Waals surface area contributed by atoms with Crippen LogP contribution in [0.3, 0.4) is 0 Å². The molecule has 0 aromatic heterocycles. The van der Waals surface area contributed by atoms with Crippen molar-refractivity contribution < 1.29 is 24.2 Å². The summed E-state index contributed by atoms with van der Waals surface area (Å²) < 4.78 is 9.45. The molecule has 0 saturated heterocycles. The number of amides is 1. The Balaban J connectivity index is 4.29. The molecule has 0 aliphatic carbocycles. The second kappa shape index (κ2) is 6.32. The molecule has 1 amide bonds. The van der Waals surface area contributed by atoms with Gasteiger partial charge in [0.05, 0.1) is 7.11 Å². The Bertz CT molecular complexity index is 246. The normalized spacial score (nSPS) is 12.8. The quantitative estimate of drug-likeness (QED) is 0.688. The summed E-state index contributed by atoms with van der Waals surface area (Å²) in [5.74, 6) is -0.611. The van der Waals surface area contributed by atoms with E-state index >= 15 is 0 Å². The molecule has 0 heterocycles. The van der Waals surface area contributed by atoms with Crippen molar-refractivity contribution in [1.29, 1.82) is 0 Å². The maximum Gasteiger partial charge on any atom is 0.408 e. The van der Waals surface area contributed by atoms with Crippen LogP contribution >= 0.6 is 0 Å². The molecular weight excluding hydrogens is 214 g/mol. The van der Waals surface area contributed by atoms with Crippen LogP contribution in [0.1, 0.15) is 27.2 Å². The van der Waals surface area contributed by atoms with Gasteiger partial charge in [0.2, 0.25) is 0 Å². The molecule has 0 rings (SSSR count). The molecule has 16 heavy (non-hydrogen) atoms. The van der Waals surface area contributed by atoms with Crippen molar-refractivity contribution >= 4 is 12.1 Å². The first kappa shape index (κ1) is 14.7. The number of carbonyl (C=O) groups excluding carboxylic acids is 2. The van der Waals surface area contributed by atoms with Gasteiger partial charge in [0.1, 0.15) is 11.6 Å². The fourth-order valence-corrected chi connectivity index (χ4v) is 0.970. The Morgan fingerprint density at radius 3 is 2.31 bits per heavy atom. The average Bonchev–Trinajstić information content (AvgIpc) is 2.13. The summed E-state index contributed by atoms with van der Waals surface area (Å²) in [4.78, 5) is 22.5. The van der Waals surface area contributed by atoms with Crippen LogP contribution in [-0.4, -0.2) is 42.5 Å². The van der Waals surface area contributed by atoms with E-state index in [9.17, 15) is 9.59 Å². The third-order valence-electron chi connectivity index (χ3n) is 1.59. The van der Waals surface area contributed by atoms with E-state index in [1.165, 1.54) is 7.11 Å². The van der Waals surface area contributed by atoms with E-state index in [2.05, 4.69) is 10.1 Å². The third kappa shape index (κ3) is 6.23. The number of rotatable bonds is 4. The lowest BCUT2D eigenvalue weighted by Gasteiger charge is -2.22. The standard InChI is InChI=1S/C10H19NO5/c1-10(2,3)16-9(14)11-7(5-6-12)8(13)15-4/h7,12H,5-6H2,1-4H3,(H,11,14). The predicted octanol–water partition coefficient (Wildman–Crippen LogP) is 0.435. The maximum atomic E-state index is 11.3. The van der Waals surface area contributed by atoms with Crippen LogP contribution in [0.5, 0.6) is 0 Å². The van der Waals surface area contributed by atoms with Crippen molar-refractivity contribution in [2.75, 3.05) is 13.7 Å². The first-order chi connectivity index (χ1) is 7.30. The SMILES string of the molecule is COC(=O)C(CCO)NC(=O)OC(C)(C)C. The number of aliphatic hydroxyl groups excluding tert-OH is 1. The highest BCUT2D eigenvalue weighted by Crippen LogP contribution is 2.07. The van der Waals surface area contributed by atoms with Crippen molar-refractivity contribution in [3.05, 3.63) is 0 Å². The molecule has 2 N–H and O–H groups in total. The van der Waals surface area contributed by atoms with Gasteiger partial charge in [0.15, 0.2) is 0 Å². The Hall–Kier alpha value is -1.30. The molecule has 0 saturated carbocycles. The molecule has 6 nitrogen and oxygen atoms in total. The smallest absolute Gasteiger partial charge is 0.408 e. The van der Waals surface area contributed by atoms with Gasteiger partial charge in [-0.1, -0.05) is 0 Å². The van der Waals surface area contributed by atoms with Crippen molar-refractivity contribution in [3.63, 3.8) is 0 Å². The number of hydrogen-bond donors (Lipinski definition) is 2. The number of aliphatic hydroxyl groups is 1. The Labute approximate surface area is 94.9 Å². The summed E-state index contributed by atoms with van der Waals surface area (Å²) >= 11 is 0. The lowest BCUT2D eigenvalue weighted by Crippen LogP contribution is -2.44. The molecule has 0 fully saturated rings. The third-order valence-corrected chi connectivity index (χ3v) is 1.59. The second-order valence-corrected chi connectivity index (χ2v) is 4.23. The minimum absolute atomic E-state index is 0.0892. The Morgan fingerprint density at radius 2 is 1.94 bits per heavy atom. The predicted molar refractivity (Wildman–Crippen MR) is 56.9 cm³/mol. The molecule has 0 bridgehead atoms. The number of alkyl carbamates (subject to hydrolysis) is 1. The fraction of sp³-hybridized carbons (Fsp3) is 0.800. The van der Waals surface area contributed by atoms with E-state index in [0.29, 0.717) is 0 Å². The van der Waals surface area contributed by atoms with Gasteiger partial charge in [-0.25, -0.2) is 9.59 Å². The zero-order valence-corrected chi connectivity index (χ0v) is 10.1. The van der Waals surface area contributed by atoms with Gasteiger partial charge in [0, 0.05) is 13.0 Å². The van der Waals surface area contributed by atoms with Crippen molar-refractivity contribution in [2.45, 2.75) is 38.8 Å². The summed E-state index contributed by atoms with van der Waals surface area (Å²) in [6.07, 6.45) is -0.623. The summed E-state index contributed by atoms with van der Waals surface area (Å²) in [6, 6.07) is -0.884. The molecule has 0 aliphatic rings. The first-order valence-electron chi connectivity index (χ1n) is 4.98. The molecule has 0 aromatic rings. The Kier molecular flexibility index (Phi) is 5.81. The van der Waals surface area contributed by atoms with E-state index < -0.39 is 23.7 Å². The fourth-order valence-electron chi connectivity index (χ4n) is 0.970. The molecule has 1 atom stereocenters. The average molecular weight is 233 g/mol. The van der Waals surface area contributed by atoms with E-state index in [1.54, 1.807) is 20.8 Å². The molecule has 6 heteroatoms. The summed E-state index contributed by atoms with van der Waals surface area (Å²) in [5.41, 5.74) is -0.635. The zero-order chi connectivity index (χ0) is 12.8. The maximum absolute atomic E-state index is 11.3. The highest BCUT2D eigenvalue weighted by Gasteiger charge is 2.24. The molecule has 0 aliphatic heterocycles. The van der Waals surface area contributed by atoms with Gasteiger partial charge in [-0.05, 0) is 20.8 Å². The van der Waals surface area contributed by atoms with Crippen LogP contribution in [-0.2, 0) is 14.3 Å². The van der Waals surface area contributed by atoms with Crippen LogP contribution in [0.4, 0.5) is 4.79 Å². The largest absolute Gasteiger partial charge is 0.467 e. The van der Waals surface area contributed by atoms with Crippen LogP contribution in [0.25, 0.3) is 0 Å². The topological polar surface area (TPSA) is 84.9 Å². The molecular formula is C10H19NO5. The highest BCUT2D eigenvalue weighted by molar-refractivity contribution is 5.81. The van der Waals surface area contributed by atoms with Gasteiger partial charge in [-0.3, -0.25) is 0 Å². The molecule has 0 aromatic carbocycles. The number of carbonyl (C=O) groups is 2. The number of ether oxygens (including phenoxy) is 2.